The van der Waals surface area contributed by atoms with Gasteiger partial charge in [0.2, 0.25) is 65.0 Å². The van der Waals surface area contributed by atoms with E-state index in [1.807, 2.05) is 13.8 Å². The molecule has 11 amide bonds. The molecule has 0 saturated carbocycles. The summed E-state index contributed by atoms with van der Waals surface area (Å²) in [4.78, 5) is 179. The Morgan fingerprint density at radius 3 is 1.35 bits per heavy atom. The van der Waals surface area contributed by atoms with Gasteiger partial charge in [-0.3, -0.25) is 62.7 Å². The number of carboxylic acids is 1. The fourth-order valence-electron chi connectivity index (χ4n) is 10.8. The van der Waals surface area contributed by atoms with E-state index < -0.39 is 156 Å². The van der Waals surface area contributed by atoms with Crippen molar-refractivity contribution in [3.63, 3.8) is 0 Å². The van der Waals surface area contributed by atoms with Gasteiger partial charge in [-0.1, -0.05) is 88.4 Å². The number of nitrogens with two attached hydrogens (primary N) is 5. The van der Waals surface area contributed by atoms with Crippen LogP contribution in [-0.4, -0.2) is 218 Å². The van der Waals surface area contributed by atoms with Gasteiger partial charge in [-0.05, 0) is 99.1 Å². The second kappa shape index (κ2) is 44.5. The van der Waals surface area contributed by atoms with E-state index in [9.17, 15) is 73.2 Å². The summed E-state index contributed by atoms with van der Waals surface area (Å²) in [5, 5.41) is 68.6. The van der Waals surface area contributed by atoms with Crippen molar-refractivity contribution in [2.75, 3.05) is 31.2 Å². The first kappa shape index (κ1) is 88.2. The van der Waals surface area contributed by atoms with Gasteiger partial charge in [-0.2, -0.15) is 25.3 Å². The number of carbonyl (C=O) groups is 12. The molecule has 13 atom stereocenters. The molecular weight excluding hydrogens is 1420 g/mol. The molecule has 0 unspecified atom stereocenters. The molecule has 3 aromatic carbocycles. The van der Waals surface area contributed by atoms with Crippen LogP contribution in [0.25, 0.3) is 10.9 Å². The van der Waals surface area contributed by atoms with Crippen LogP contribution in [0.4, 0.5) is 0 Å². The number of hydrogen-bond acceptors (Lipinski definition) is 20. The van der Waals surface area contributed by atoms with Crippen LogP contribution >= 0.6 is 25.3 Å². The number of aromatic nitrogens is 1. The molecule has 0 aliphatic heterocycles. The number of nitrogens with one attached hydrogen (secondary N) is 12. The zero-order valence-electron chi connectivity index (χ0n) is 60.0. The van der Waals surface area contributed by atoms with Crippen LogP contribution in [0.1, 0.15) is 96.8 Å². The monoisotopic (exact) mass is 1520 g/mol. The Balaban J connectivity index is 1.69. The second-order valence-corrected chi connectivity index (χ2v) is 27.0. The Kier molecular flexibility index (Phi) is 37.0. The van der Waals surface area contributed by atoms with E-state index in [1.54, 1.807) is 74.6 Å². The average molecular weight is 1520 g/mol. The predicted octanol–water partition coefficient (Wildman–Crippen LogP) is -3.90. The Morgan fingerprint density at radius 1 is 0.462 bits per heavy atom. The molecule has 1 heterocycles. The van der Waals surface area contributed by atoms with Crippen molar-refractivity contribution in [1.29, 1.82) is 0 Å². The number of nitrogens with zero attached hydrogens (tertiary/aromatic N) is 2. The number of aliphatic hydroxyl groups excluding tert-OH is 2. The van der Waals surface area contributed by atoms with Crippen molar-refractivity contribution in [2.45, 2.75) is 178 Å². The highest BCUT2D eigenvalue weighted by Crippen LogP contribution is 2.21. The number of guanidine groups is 2. The highest BCUT2D eigenvalue weighted by molar-refractivity contribution is 7.80. The molecule has 35 nitrogen and oxygen atoms in total. The van der Waals surface area contributed by atoms with Crippen LogP contribution in [0, 0.1) is 11.8 Å². The third kappa shape index (κ3) is 30.1. The SMILES string of the molecule is CC(C)C[C@H](NC(=O)[C@H](CCCN=C(N)N)NC(=O)[C@H](C)NC(=O)[C@H](Cc1c[nH]c2ccccc12)NC(=O)[C@H](Cc1ccc(O)cc1)NC(=O)[C@H](CCCN=C(N)N)NC(=O)[C@H](CS)NC(=O)[C@H](Cc1ccccc1)NC(=O)[C@@H](NC(=O)[C@@H](N)CC(C)C)[C@@H](C)O)C(=O)N[C@@H](CS)C(=O)N[C@@H](CO)C(=O)O. The Bertz CT molecular complexity index is 3670. The summed E-state index contributed by atoms with van der Waals surface area (Å²) >= 11 is 8.50. The van der Waals surface area contributed by atoms with Gasteiger partial charge in [0.15, 0.2) is 11.9 Å². The van der Waals surface area contributed by atoms with Gasteiger partial charge in [-0.15, -0.1) is 0 Å². The molecule has 0 radical (unpaired) electrons. The van der Waals surface area contributed by atoms with E-state index in [4.69, 9.17) is 28.7 Å². The molecule has 106 heavy (non-hydrogen) atoms. The maximum absolute atomic E-state index is 15.1. The molecule has 4 rings (SSSR count). The summed E-state index contributed by atoms with van der Waals surface area (Å²) in [6.07, 6.45) is -0.534. The van der Waals surface area contributed by atoms with Crippen LogP contribution < -0.4 is 87.2 Å². The summed E-state index contributed by atoms with van der Waals surface area (Å²) in [6.45, 7) is 8.70. The number of aromatic hydroxyl groups is 1. The maximum Gasteiger partial charge on any atom is 0.328 e. The number of fused-ring (bicyclic) bond motifs is 1. The molecule has 0 bridgehead atoms. The van der Waals surface area contributed by atoms with Gasteiger partial charge in [0.25, 0.3) is 0 Å². The fraction of sp³-hybridized carbons (Fsp3) is 0.507. The lowest BCUT2D eigenvalue weighted by Gasteiger charge is -2.28. The molecule has 0 saturated heterocycles. The number of aliphatic carboxylic acids is 1. The van der Waals surface area contributed by atoms with Gasteiger partial charge in [0.1, 0.15) is 72.2 Å². The van der Waals surface area contributed by atoms with Gasteiger partial charge >= 0.3 is 5.97 Å². The van der Waals surface area contributed by atoms with Gasteiger partial charge < -0.3 is 113 Å². The number of aliphatic hydroxyl groups is 2. The number of para-hydroxylation sites is 1. The Morgan fingerprint density at radius 2 is 0.868 bits per heavy atom. The zero-order valence-corrected chi connectivity index (χ0v) is 61.8. The molecule has 4 aromatic rings. The van der Waals surface area contributed by atoms with E-state index in [1.165, 1.54) is 38.1 Å². The summed E-state index contributed by atoms with van der Waals surface area (Å²) < 4.78 is 0. The number of aromatic amines is 1. The van der Waals surface area contributed by atoms with Crippen molar-refractivity contribution in [3.05, 3.63) is 102 Å². The number of H-pyrrole nitrogens is 1. The number of amides is 11. The van der Waals surface area contributed by atoms with Gasteiger partial charge in [0.05, 0.1) is 18.8 Å². The zero-order chi connectivity index (χ0) is 78.9. The summed E-state index contributed by atoms with van der Waals surface area (Å²) in [7, 11) is 0. The number of aliphatic imine (C=N–C) groups is 2. The van der Waals surface area contributed by atoms with Gasteiger partial charge in [0, 0.05) is 61.0 Å². The minimum Gasteiger partial charge on any atom is -0.508 e. The van der Waals surface area contributed by atoms with Crippen molar-refractivity contribution in [1.82, 2.24) is 63.5 Å². The number of thiol groups is 2. The Hall–Kier alpha value is -10.2. The average Bonchev–Trinajstić information content (AvgIpc) is 1.61. The van der Waals surface area contributed by atoms with Gasteiger partial charge in [-0.25, -0.2) is 4.79 Å². The number of hydrogen-bond donors (Lipinski definition) is 23. The lowest BCUT2D eigenvalue weighted by molar-refractivity contribution is -0.143. The first-order chi connectivity index (χ1) is 50.1. The summed E-state index contributed by atoms with van der Waals surface area (Å²) in [5.41, 5.74) is 30.5. The summed E-state index contributed by atoms with van der Waals surface area (Å²) in [5.74, 6) is -13.3. The topological polar surface area (TPSA) is 589 Å². The van der Waals surface area contributed by atoms with E-state index in [0.717, 1.165) is 0 Å². The molecule has 0 aliphatic carbocycles. The number of carboxylic acid groups (broad SMARTS) is 1. The first-order valence-electron chi connectivity index (χ1n) is 34.5. The van der Waals surface area contributed by atoms with Crippen LogP contribution in [0.15, 0.2) is 95.0 Å². The molecule has 0 spiro atoms. The number of carbonyl (C=O) groups excluding carboxylic acids is 11. The first-order valence-corrected chi connectivity index (χ1v) is 35.7. The van der Waals surface area contributed by atoms with E-state index in [0.29, 0.717) is 27.6 Å². The molecule has 37 heteroatoms. The largest absolute Gasteiger partial charge is 0.508 e. The van der Waals surface area contributed by atoms with Crippen LogP contribution in [0.2, 0.25) is 0 Å². The van der Waals surface area contributed by atoms with Crippen molar-refractivity contribution < 1.29 is 78.0 Å². The molecule has 26 N–H and O–H groups in total. The summed E-state index contributed by atoms with van der Waals surface area (Å²) in [6, 6.07) is 3.40. The number of phenols is 1. The number of benzene rings is 3. The normalized spacial score (nSPS) is 14.9. The van der Waals surface area contributed by atoms with Crippen molar-refractivity contribution in [2.24, 2.45) is 50.5 Å². The number of rotatable bonds is 45. The maximum atomic E-state index is 15.1. The quantitative estimate of drug-likeness (QED) is 0.00870. The fourth-order valence-corrected chi connectivity index (χ4v) is 11.3. The Labute approximate surface area is 624 Å². The third-order valence-corrected chi connectivity index (χ3v) is 17.2. The smallest absolute Gasteiger partial charge is 0.328 e. The minimum absolute atomic E-state index is 0.0106. The lowest BCUT2D eigenvalue weighted by Crippen LogP contribution is -2.62. The standard InChI is InChI=1S/C69H103N19O16S2/c1-35(2)26-44(70)57(93)88-55(38(6)90)66(102)84-50(28-39-14-8-7-9-15-39)63(99)87-53(33-105)64(100)80-47(19-13-25-76-69(73)74)59(95)82-49(29-40-20-22-42(91)23-21-40)62(98)83-51(30-41-31-77-45-17-11-10-16-43(41)45)60(96)78-37(5)56(92)79-46(18-12-24-75-68(71)72)58(94)81-48(27-36(3)4)61(97)86-54(34-106)65(101)85-52(32-89)67(103)104/h7-11,14-17,20-23,31,35-38,44,46-55,77,89-91,105-106H,12-13,18-19,24-30,32-34,70H2,1-6H3,(H,78,96)(H,79,92)(H,80,100)(H,81,94)(H,82,95)(H,83,98)(H,84,102)(H,85,101)(H,86,97)(H,87,99)(H,88,93)(H,103,104)(H4,71,72,75)(H4,73,74,76)/t37-,38+,44-,46-,47-,48-,49-,50-,51-,52-,53-,54-,55-/m0/s1. The van der Waals surface area contributed by atoms with E-state index >= 15 is 4.79 Å². The second-order valence-electron chi connectivity index (χ2n) is 26.3. The molecule has 0 aliphatic rings. The third-order valence-electron chi connectivity index (χ3n) is 16.5. The van der Waals surface area contributed by atoms with Crippen molar-refractivity contribution in [3.8, 4) is 5.75 Å². The van der Waals surface area contributed by atoms with Crippen molar-refractivity contribution >= 4 is 119 Å². The number of phenolic OH excluding ortho intramolecular Hbond substituents is 1. The molecule has 582 valence electrons. The highest BCUT2D eigenvalue weighted by atomic mass is 32.1. The van der Waals surface area contributed by atoms with E-state index in [2.05, 4.69) is 98.7 Å². The molecular formula is C69H103N19O16S2. The minimum atomic E-state index is -1.71. The lowest BCUT2D eigenvalue weighted by atomic mass is 10.0. The predicted molar refractivity (Wildman–Crippen MR) is 402 cm³/mol. The van der Waals surface area contributed by atoms with E-state index in [-0.39, 0.29) is 112 Å². The van der Waals surface area contributed by atoms with Crippen LogP contribution in [-0.2, 0) is 76.8 Å². The van der Waals surface area contributed by atoms with Crippen LogP contribution in [0.3, 0.4) is 0 Å². The molecule has 1 aromatic heterocycles. The molecule has 0 fully saturated rings. The highest BCUT2D eigenvalue weighted by Gasteiger charge is 2.37. The van der Waals surface area contributed by atoms with Crippen LogP contribution in [0.5, 0.6) is 5.75 Å².